The van der Waals surface area contributed by atoms with E-state index < -0.39 is 12.0 Å². The van der Waals surface area contributed by atoms with Crippen LogP contribution in [-0.2, 0) is 9.53 Å². The summed E-state index contributed by atoms with van der Waals surface area (Å²) in [6.45, 7) is 0. The Morgan fingerprint density at radius 3 is 2.48 bits per heavy atom. The van der Waals surface area contributed by atoms with E-state index >= 15 is 0 Å². The lowest BCUT2D eigenvalue weighted by Crippen LogP contribution is -2.34. The van der Waals surface area contributed by atoms with Gasteiger partial charge in [0.15, 0.2) is 6.04 Å². The average Bonchev–Trinajstić information content (AvgIpc) is 3.04. The van der Waals surface area contributed by atoms with Gasteiger partial charge in [-0.05, 0) is 11.6 Å². The fourth-order valence-corrected chi connectivity index (χ4v) is 2.51. The van der Waals surface area contributed by atoms with E-state index in [2.05, 4.69) is 10.3 Å². The number of H-pyrrole nitrogens is 1. The van der Waals surface area contributed by atoms with Crippen molar-refractivity contribution in [1.29, 1.82) is 0 Å². The molecule has 1 heterocycles. The number of methoxy groups -OCH3 is 1. The molecular weight excluding hydrogens is 292 g/mol. The average molecular weight is 308 g/mol. The van der Waals surface area contributed by atoms with Gasteiger partial charge in [-0.3, -0.25) is 4.79 Å². The van der Waals surface area contributed by atoms with Crippen LogP contribution in [0, 0.1) is 0 Å². The SMILES string of the molecule is COC(=O)C(NC(=O)c1c[nH]c2ccccc12)c1ccccc1. The van der Waals surface area contributed by atoms with Crippen LogP contribution >= 0.6 is 0 Å². The van der Waals surface area contributed by atoms with Crippen molar-refractivity contribution >= 4 is 22.8 Å². The second kappa shape index (κ2) is 6.36. The summed E-state index contributed by atoms with van der Waals surface area (Å²) < 4.78 is 4.81. The van der Waals surface area contributed by atoms with Gasteiger partial charge >= 0.3 is 5.97 Å². The second-order valence-corrected chi connectivity index (χ2v) is 5.09. The Balaban J connectivity index is 1.91. The van der Waals surface area contributed by atoms with Gasteiger partial charge in [-0.2, -0.15) is 0 Å². The lowest BCUT2D eigenvalue weighted by atomic mass is 10.1. The van der Waals surface area contributed by atoms with E-state index in [0.29, 0.717) is 11.1 Å². The first-order valence-corrected chi connectivity index (χ1v) is 7.20. The second-order valence-electron chi connectivity index (χ2n) is 5.09. The summed E-state index contributed by atoms with van der Waals surface area (Å²) in [5.74, 6) is -0.842. The van der Waals surface area contributed by atoms with Crippen molar-refractivity contribution in [3.8, 4) is 0 Å². The molecule has 2 aromatic carbocycles. The number of rotatable bonds is 4. The van der Waals surface area contributed by atoms with Crippen molar-refractivity contribution in [1.82, 2.24) is 10.3 Å². The fraction of sp³-hybridized carbons (Fsp3) is 0.111. The summed E-state index contributed by atoms with van der Waals surface area (Å²) in [6, 6.07) is 15.7. The summed E-state index contributed by atoms with van der Waals surface area (Å²) in [5, 5.41) is 3.55. The quantitative estimate of drug-likeness (QED) is 0.728. The third-order valence-corrected chi connectivity index (χ3v) is 3.68. The van der Waals surface area contributed by atoms with Crippen LogP contribution in [-0.4, -0.2) is 24.0 Å². The highest BCUT2D eigenvalue weighted by atomic mass is 16.5. The van der Waals surface area contributed by atoms with Crippen LogP contribution in [0.2, 0.25) is 0 Å². The maximum atomic E-state index is 12.6. The molecule has 1 aromatic heterocycles. The van der Waals surface area contributed by atoms with Gasteiger partial charge in [0, 0.05) is 17.1 Å². The van der Waals surface area contributed by atoms with Crippen molar-refractivity contribution in [2.24, 2.45) is 0 Å². The van der Waals surface area contributed by atoms with Gasteiger partial charge in [-0.1, -0.05) is 48.5 Å². The number of nitrogens with one attached hydrogen (secondary N) is 2. The molecule has 116 valence electrons. The van der Waals surface area contributed by atoms with E-state index in [4.69, 9.17) is 4.74 Å². The normalized spacial score (nSPS) is 11.9. The smallest absolute Gasteiger partial charge is 0.333 e. The molecule has 0 radical (unpaired) electrons. The van der Waals surface area contributed by atoms with Crippen molar-refractivity contribution in [3.05, 3.63) is 71.9 Å². The van der Waals surface area contributed by atoms with Gasteiger partial charge in [0.1, 0.15) is 0 Å². The minimum Gasteiger partial charge on any atom is -0.467 e. The Morgan fingerprint density at radius 2 is 1.74 bits per heavy atom. The molecule has 2 N–H and O–H groups in total. The number of carbonyl (C=O) groups is 2. The highest BCUT2D eigenvalue weighted by Crippen LogP contribution is 2.20. The van der Waals surface area contributed by atoms with Crippen molar-refractivity contribution in [2.45, 2.75) is 6.04 Å². The summed E-state index contributed by atoms with van der Waals surface area (Å²) in [5.41, 5.74) is 2.03. The molecule has 1 amide bonds. The van der Waals surface area contributed by atoms with Gasteiger partial charge in [-0.15, -0.1) is 0 Å². The van der Waals surface area contributed by atoms with Gasteiger partial charge in [-0.25, -0.2) is 4.79 Å². The van der Waals surface area contributed by atoms with Crippen LogP contribution in [0.25, 0.3) is 10.9 Å². The Kier molecular flexibility index (Phi) is 4.10. The largest absolute Gasteiger partial charge is 0.467 e. The monoisotopic (exact) mass is 308 g/mol. The standard InChI is InChI=1S/C18H16N2O3/c1-23-18(22)16(12-7-3-2-4-8-12)20-17(21)14-11-19-15-10-6-5-9-13(14)15/h2-11,16,19H,1H3,(H,20,21). The van der Waals surface area contributed by atoms with Crippen LogP contribution in [0.4, 0.5) is 0 Å². The number of hydrogen-bond acceptors (Lipinski definition) is 3. The molecule has 0 bridgehead atoms. The van der Waals surface area contributed by atoms with E-state index in [1.165, 1.54) is 7.11 Å². The van der Waals surface area contributed by atoms with Gasteiger partial charge in [0.25, 0.3) is 5.91 Å². The predicted molar refractivity (Wildman–Crippen MR) is 87.0 cm³/mol. The Bertz CT molecular complexity index is 840. The van der Waals surface area contributed by atoms with E-state index in [-0.39, 0.29) is 5.91 Å². The number of benzene rings is 2. The molecule has 0 spiro atoms. The number of aromatic nitrogens is 1. The van der Waals surface area contributed by atoms with Gasteiger partial charge in [0.2, 0.25) is 0 Å². The minimum atomic E-state index is -0.845. The van der Waals surface area contributed by atoms with E-state index in [0.717, 1.165) is 10.9 Å². The van der Waals surface area contributed by atoms with Crippen LogP contribution in [0.15, 0.2) is 60.8 Å². The molecule has 3 rings (SSSR count). The number of fused-ring (bicyclic) bond motifs is 1. The third-order valence-electron chi connectivity index (χ3n) is 3.68. The maximum Gasteiger partial charge on any atom is 0.333 e. The number of aromatic amines is 1. The summed E-state index contributed by atoms with van der Waals surface area (Å²) in [6.07, 6.45) is 1.64. The molecule has 3 aromatic rings. The minimum absolute atomic E-state index is 0.332. The highest BCUT2D eigenvalue weighted by molar-refractivity contribution is 6.07. The number of para-hydroxylation sites is 1. The summed E-state index contributed by atoms with van der Waals surface area (Å²) in [4.78, 5) is 27.7. The zero-order valence-electron chi connectivity index (χ0n) is 12.6. The lowest BCUT2D eigenvalue weighted by Gasteiger charge is -2.16. The number of esters is 1. The van der Waals surface area contributed by atoms with Crippen LogP contribution in [0.3, 0.4) is 0 Å². The Labute approximate surface area is 133 Å². The first-order chi connectivity index (χ1) is 11.2. The van der Waals surface area contributed by atoms with Crippen molar-refractivity contribution < 1.29 is 14.3 Å². The van der Waals surface area contributed by atoms with E-state index in [1.54, 1.807) is 18.3 Å². The fourth-order valence-electron chi connectivity index (χ4n) is 2.51. The van der Waals surface area contributed by atoms with Crippen molar-refractivity contribution in [2.75, 3.05) is 7.11 Å². The molecule has 0 aliphatic carbocycles. The van der Waals surface area contributed by atoms with E-state index in [1.807, 2.05) is 42.5 Å². The number of carbonyl (C=O) groups excluding carboxylic acids is 2. The summed E-state index contributed by atoms with van der Waals surface area (Å²) in [7, 11) is 1.30. The molecule has 0 fully saturated rings. The molecule has 0 aliphatic heterocycles. The highest BCUT2D eigenvalue weighted by Gasteiger charge is 2.24. The predicted octanol–water partition coefficient (Wildman–Crippen LogP) is 2.81. The molecule has 23 heavy (non-hydrogen) atoms. The molecule has 5 nitrogen and oxygen atoms in total. The van der Waals surface area contributed by atoms with Crippen LogP contribution in [0.1, 0.15) is 22.0 Å². The first kappa shape index (κ1) is 14.8. The van der Waals surface area contributed by atoms with Gasteiger partial charge in [0.05, 0.1) is 12.7 Å². The Hall–Kier alpha value is -3.08. The molecular formula is C18H16N2O3. The third kappa shape index (κ3) is 2.94. The molecule has 0 saturated heterocycles. The maximum absolute atomic E-state index is 12.6. The van der Waals surface area contributed by atoms with Crippen molar-refractivity contribution in [3.63, 3.8) is 0 Å². The Morgan fingerprint density at radius 1 is 1.04 bits per heavy atom. The number of hydrogen-bond donors (Lipinski definition) is 2. The van der Waals surface area contributed by atoms with Gasteiger partial charge < -0.3 is 15.0 Å². The molecule has 1 unspecified atom stereocenters. The van der Waals surface area contributed by atoms with E-state index in [9.17, 15) is 9.59 Å². The molecule has 1 atom stereocenters. The lowest BCUT2D eigenvalue weighted by molar-refractivity contribution is -0.143. The zero-order valence-corrected chi connectivity index (χ0v) is 12.6. The molecule has 5 heteroatoms. The molecule has 0 aliphatic rings. The molecule has 0 saturated carbocycles. The van der Waals surface area contributed by atoms with Crippen LogP contribution < -0.4 is 5.32 Å². The first-order valence-electron chi connectivity index (χ1n) is 7.20. The summed E-state index contributed by atoms with van der Waals surface area (Å²) >= 11 is 0. The van der Waals surface area contributed by atoms with Crippen LogP contribution in [0.5, 0.6) is 0 Å². The topological polar surface area (TPSA) is 71.2 Å². The number of amides is 1. The zero-order chi connectivity index (χ0) is 16.2. The number of ether oxygens (including phenoxy) is 1.